The third-order valence-corrected chi connectivity index (χ3v) is 5.84. The van der Waals surface area contributed by atoms with Crippen LogP contribution in [0.15, 0.2) is 30.3 Å². The summed E-state index contributed by atoms with van der Waals surface area (Å²) in [7, 11) is 0. The Morgan fingerprint density at radius 3 is 2.52 bits per heavy atom. The van der Waals surface area contributed by atoms with Gasteiger partial charge in [-0.3, -0.25) is 19.2 Å². The van der Waals surface area contributed by atoms with Crippen molar-refractivity contribution in [2.75, 3.05) is 13.1 Å². The fraction of sp³-hybridized carbons (Fsp3) is 0.545. The van der Waals surface area contributed by atoms with Crippen molar-refractivity contribution in [1.82, 2.24) is 20.9 Å². The highest BCUT2D eigenvalue weighted by atomic mass is 16.4. The second-order valence-corrected chi connectivity index (χ2v) is 8.16. The van der Waals surface area contributed by atoms with Crippen LogP contribution in [0.1, 0.15) is 38.2 Å². The van der Waals surface area contributed by atoms with Gasteiger partial charge >= 0.3 is 5.97 Å². The maximum absolute atomic E-state index is 13.1. The zero-order chi connectivity index (χ0) is 22.4. The minimum absolute atomic E-state index is 0.0706. The van der Waals surface area contributed by atoms with Gasteiger partial charge in [0.1, 0.15) is 18.1 Å². The number of nitrogens with zero attached hydrogens (tertiary/aromatic N) is 1. The van der Waals surface area contributed by atoms with Gasteiger partial charge in [-0.05, 0) is 44.7 Å². The summed E-state index contributed by atoms with van der Waals surface area (Å²) < 4.78 is 0. The third kappa shape index (κ3) is 5.81. The van der Waals surface area contributed by atoms with Crippen molar-refractivity contribution in [2.24, 2.45) is 0 Å². The van der Waals surface area contributed by atoms with E-state index in [-0.39, 0.29) is 24.3 Å². The summed E-state index contributed by atoms with van der Waals surface area (Å²) in [5.41, 5.74) is 0.834. The summed E-state index contributed by atoms with van der Waals surface area (Å²) in [6, 6.07) is 6.28. The Balaban J connectivity index is 1.71. The molecule has 2 heterocycles. The normalized spacial score (nSPS) is 22.5. The fourth-order valence-electron chi connectivity index (χ4n) is 4.10. The first-order valence-electron chi connectivity index (χ1n) is 10.8. The van der Waals surface area contributed by atoms with Gasteiger partial charge in [0.25, 0.3) is 0 Å². The number of likely N-dealkylation sites (tertiary alicyclic amines) is 1. The zero-order valence-corrected chi connectivity index (χ0v) is 17.7. The predicted octanol–water partition coefficient (Wildman–Crippen LogP) is 0.0462. The van der Waals surface area contributed by atoms with E-state index in [1.165, 1.54) is 6.92 Å². The molecular formula is C22H30N4O5. The number of hydrogen-bond donors (Lipinski definition) is 4. The van der Waals surface area contributed by atoms with Gasteiger partial charge in [-0.1, -0.05) is 30.3 Å². The van der Waals surface area contributed by atoms with E-state index >= 15 is 0 Å². The Bertz CT molecular complexity index is 809. The Kier molecular flexibility index (Phi) is 7.62. The number of aliphatic carboxylic acids is 1. The summed E-state index contributed by atoms with van der Waals surface area (Å²) in [6.45, 7) is 2.68. The molecule has 0 radical (unpaired) electrons. The van der Waals surface area contributed by atoms with Gasteiger partial charge in [-0.15, -0.1) is 0 Å². The Morgan fingerprint density at radius 1 is 1.13 bits per heavy atom. The van der Waals surface area contributed by atoms with Crippen molar-refractivity contribution in [3.8, 4) is 0 Å². The quantitative estimate of drug-likeness (QED) is 0.461. The van der Waals surface area contributed by atoms with Crippen LogP contribution in [0.4, 0.5) is 0 Å². The molecule has 2 saturated heterocycles. The number of hydrogen-bond acceptors (Lipinski definition) is 5. The van der Waals surface area contributed by atoms with Crippen molar-refractivity contribution in [3.63, 3.8) is 0 Å². The van der Waals surface area contributed by atoms with E-state index in [1.807, 2.05) is 30.3 Å². The summed E-state index contributed by atoms with van der Waals surface area (Å²) in [6.07, 6.45) is 3.17. The number of benzene rings is 1. The largest absolute Gasteiger partial charge is 0.480 e. The minimum atomic E-state index is -1.16. The fourth-order valence-corrected chi connectivity index (χ4v) is 4.10. The Morgan fingerprint density at radius 2 is 1.87 bits per heavy atom. The molecule has 1 aromatic carbocycles. The van der Waals surface area contributed by atoms with Crippen molar-refractivity contribution in [2.45, 2.75) is 63.2 Å². The van der Waals surface area contributed by atoms with E-state index in [0.29, 0.717) is 13.0 Å². The molecule has 9 nitrogen and oxygen atoms in total. The second kappa shape index (κ2) is 10.4. The number of rotatable bonds is 8. The summed E-state index contributed by atoms with van der Waals surface area (Å²) >= 11 is 0. The highest BCUT2D eigenvalue weighted by molar-refractivity contribution is 5.94. The molecule has 4 atom stereocenters. The lowest BCUT2D eigenvalue weighted by Crippen LogP contribution is -2.56. The van der Waals surface area contributed by atoms with E-state index in [2.05, 4.69) is 16.0 Å². The molecule has 3 amide bonds. The molecule has 2 fully saturated rings. The average Bonchev–Trinajstić information content (AvgIpc) is 3.45. The van der Waals surface area contributed by atoms with Gasteiger partial charge in [0.05, 0.1) is 6.04 Å². The number of carboxylic acids is 1. The molecule has 0 aliphatic carbocycles. The number of amides is 3. The second-order valence-electron chi connectivity index (χ2n) is 8.16. The molecule has 0 bridgehead atoms. The monoisotopic (exact) mass is 430 g/mol. The van der Waals surface area contributed by atoms with Crippen molar-refractivity contribution < 1.29 is 24.3 Å². The molecule has 3 rings (SSSR count). The van der Waals surface area contributed by atoms with Crippen molar-refractivity contribution in [1.29, 1.82) is 0 Å². The van der Waals surface area contributed by atoms with Crippen LogP contribution >= 0.6 is 0 Å². The zero-order valence-electron chi connectivity index (χ0n) is 17.7. The maximum atomic E-state index is 13.1. The van der Waals surface area contributed by atoms with Crippen LogP contribution in [0.2, 0.25) is 0 Å². The Hall–Kier alpha value is -2.94. The van der Waals surface area contributed by atoms with E-state index in [1.54, 1.807) is 4.90 Å². The van der Waals surface area contributed by atoms with E-state index in [0.717, 1.165) is 31.4 Å². The van der Waals surface area contributed by atoms with Gasteiger partial charge < -0.3 is 26.0 Å². The minimum Gasteiger partial charge on any atom is -0.480 e. The number of carboxylic acid groups (broad SMARTS) is 1. The van der Waals surface area contributed by atoms with Gasteiger partial charge in [-0.25, -0.2) is 0 Å². The molecule has 9 heteroatoms. The van der Waals surface area contributed by atoms with Crippen LogP contribution in [0, 0.1) is 0 Å². The lowest BCUT2D eigenvalue weighted by Gasteiger charge is -2.28. The van der Waals surface area contributed by atoms with Crippen LogP contribution in [-0.4, -0.2) is 71.0 Å². The standard InChI is InChI=1S/C22H30N4O5/c1-14(22(30)31)24-19(27)17(13-15-7-3-2-4-8-15)25-20(28)18-10-6-12-26(18)21(29)16-9-5-11-23-16/h2-4,7-8,14,16-18,23H,5-6,9-13H2,1H3,(H,24,27)(H,25,28)(H,30,31). The van der Waals surface area contributed by atoms with E-state index in [4.69, 9.17) is 5.11 Å². The molecule has 2 aliphatic rings. The SMILES string of the molecule is CC(NC(=O)C(Cc1ccccc1)NC(=O)C1CCCN1C(=O)C1CCCN1)C(=O)O. The molecule has 31 heavy (non-hydrogen) atoms. The molecule has 2 aliphatic heterocycles. The lowest BCUT2D eigenvalue weighted by molar-refractivity contribution is -0.142. The first-order chi connectivity index (χ1) is 14.9. The number of carbonyl (C=O) groups is 4. The molecule has 168 valence electrons. The van der Waals surface area contributed by atoms with Crippen LogP contribution in [0.25, 0.3) is 0 Å². The highest BCUT2D eigenvalue weighted by Gasteiger charge is 2.39. The van der Waals surface area contributed by atoms with Crippen LogP contribution in [0.5, 0.6) is 0 Å². The number of carbonyl (C=O) groups excluding carboxylic acids is 3. The van der Waals surface area contributed by atoms with Gasteiger partial charge in [0.15, 0.2) is 0 Å². The smallest absolute Gasteiger partial charge is 0.325 e. The topological polar surface area (TPSA) is 128 Å². The Labute approximate surface area is 181 Å². The molecule has 4 N–H and O–H groups in total. The molecule has 4 unspecified atom stereocenters. The molecule has 0 spiro atoms. The van der Waals surface area contributed by atoms with E-state index < -0.39 is 30.0 Å². The molecule has 0 aromatic heterocycles. The first-order valence-corrected chi connectivity index (χ1v) is 10.8. The van der Waals surface area contributed by atoms with Gasteiger partial charge in [0, 0.05) is 13.0 Å². The van der Waals surface area contributed by atoms with Crippen LogP contribution < -0.4 is 16.0 Å². The van der Waals surface area contributed by atoms with E-state index in [9.17, 15) is 19.2 Å². The summed E-state index contributed by atoms with van der Waals surface area (Å²) in [4.78, 5) is 51.4. The number of nitrogens with one attached hydrogen (secondary N) is 3. The first kappa shape index (κ1) is 22.7. The molecular weight excluding hydrogens is 400 g/mol. The summed E-state index contributed by atoms with van der Waals surface area (Å²) in [5.74, 6) is -2.18. The van der Waals surface area contributed by atoms with Crippen LogP contribution in [-0.2, 0) is 25.6 Å². The lowest BCUT2D eigenvalue weighted by atomic mass is 10.0. The maximum Gasteiger partial charge on any atom is 0.325 e. The summed E-state index contributed by atoms with van der Waals surface area (Å²) in [5, 5.41) is 17.5. The van der Waals surface area contributed by atoms with Crippen LogP contribution in [0.3, 0.4) is 0 Å². The van der Waals surface area contributed by atoms with Gasteiger partial charge in [-0.2, -0.15) is 0 Å². The van der Waals surface area contributed by atoms with Gasteiger partial charge in [0.2, 0.25) is 17.7 Å². The van der Waals surface area contributed by atoms with Crippen molar-refractivity contribution in [3.05, 3.63) is 35.9 Å². The van der Waals surface area contributed by atoms with Crippen molar-refractivity contribution >= 4 is 23.7 Å². The molecule has 1 aromatic rings. The highest BCUT2D eigenvalue weighted by Crippen LogP contribution is 2.21. The third-order valence-electron chi connectivity index (χ3n) is 5.84. The average molecular weight is 431 g/mol. The predicted molar refractivity (Wildman–Crippen MR) is 113 cm³/mol. The molecule has 0 saturated carbocycles.